The van der Waals surface area contributed by atoms with Crippen LogP contribution in [-0.4, -0.2) is 36.2 Å². The number of aromatic amines is 1. The molecule has 1 unspecified atom stereocenters. The minimum atomic E-state index is -5.08. The lowest BCUT2D eigenvalue weighted by Gasteiger charge is -2.17. The Morgan fingerprint density at radius 2 is 1.96 bits per heavy atom. The number of benzene rings is 1. The Kier molecular flexibility index (Phi) is 6.30. The third kappa shape index (κ3) is 5.12. The second-order valence-corrected chi connectivity index (χ2v) is 6.39. The van der Waals surface area contributed by atoms with Crippen molar-refractivity contribution in [1.82, 2.24) is 10.3 Å². The van der Waals surface area contributed by atoms with Crippen molar-refractivity contribution in [3.05, 3.63) is 47.2 Å². The molecule has 0 spiro atoms. The topological polar surface area (TPSA) is 71.2 Å². The van der Waals surface area contributed by atoms with Crippen LogP contribution in [0, 0.1) is 0 Å². The standard InChI is InChI=1S/C19H21F3N2O3/c1-11(2)7-8-12-5-4-6-14-16(12)13(10-23-14)9-15(17(25)27-3)24-18(26)19(20,21)22/h4-7,10,15,23H,8-9H2,1-3H3,(H,24,26). The van der Waals surface area contributed by atoms with Crippen molar-refractivity contribution in [2.24, 2.45) is 0 Å². The van der Waals surface area contributed by atoms with Gasteiger partial charge in [0.05, 0.1) is 7.11 Å². The van der Waals surface area contributed by atoms with Gasteiger partial charge in [0.1, 0.15) is 6.04 Å². The molecule has 5 nitrogen and oxygen atoms in total. The van der Waals surface area contributed by atoms with Crippen molar-refractivity contribution in [3.8, 4) is 0 Å². The first-order valence-corrected chi connectivity index (χ1v) is 8.30. The average molecular weight is 382 g/mol. The maximum Gasteiger partial charge on any atom is 0.471 e. The molecule has 0 radical (unpaired) electrons. The van der Waals surface area contributed by atoms with Crippen LogP contribution in [0.3, 0.4) is 0 Å². The van der Waals surface area contributed by atoms with Gasteiger partial charge in [0, 0.05) is 23.5 Å². The second kappa shape index (κ2) is 8.28. The Labute approximate surface area is 154 Å². The molecule has 27 heavy (non-hydrogen) atoms. The van der Waals surface area contributed by atoms with Gasteiger partial charge in [0.25, 0.3) is 0 Å². The van der Waals surface area contributed by atoms with Gasteiger partial charge in [-0.25, -0.2) is 4.79 Å². The molecule has 1 aromatic heterocycles. The number of halogens is 3. The lowest BCUT2D eigenvalue weighted by Crippen LogP contribution is -2.48. The number of amides is 1. The molecule has 0 aliphatic carbocycles. The molecule has 0 aliphatic rings. The quantitative estimate of drug-likeness (QED) is 0.594. The highest BCUT2D eigenvalue weighted by molar-refractivity contribution is 5.90. The molecule has 2 rings (SSSR count). The molecular formula is C19H21F3N2O3. The maximum atomic E-state index is 12.6. The van der Waals surface area contributed by atoms with Gasteiger partial charge < -0.3 is 15.0 Å². The van der Waals surface area contributed by atoms with Crippen LogP contribution in [-0.2, 0) is 27.2 Å². The number of ether oxygens (including phenoxy) is 1. The van der Waals surface area contributed by atoms with E-state index in [4.69, 9.17) is 0 Å². The summed E-state index contributed by atoms with van der Waals surface area (Å²) in [6.45, 7) is 3.94. The number of methoxy groups -OCH3 is 1. The van der Waals surface area contributed by atoms with Crippen LogP contribution in [0.4, 0.5) is 13.2 Å². The van der Waals surface area contributed by atoms with Gasteiger partial charge in [0.15, 0.2) is 0 Å². The van der Waals surface area contributed by atoms with Gasteiger partial charge in [0.2, 0.25) is 0 Å². The summed E-state index contributed by atoms with van der Waals surface area (Å²) in [7, 11) is 1.06. The van der Waals surface area contributed by atoms with Crippen LogP contribution >= 0.6 is 0 Å². The fraction of sp³-hybridized carbons (Fsp3) is 0.368. The van der Waals surface area contributed by atoms with Gasteiger partial charge >= 0.3 is 18.1 Å². The molecule has 0 fully saturated rings. The molecular weight excluding hydrogens is 361 g/mol. The maximum absolute atomic E-state index is 12.6. The van der Waals surface area contributed by atoms with Crippen molar-refractivity contribution >= 4 is 22.8 Å². The summed E-state index contributed by atoms with van der Waals surface area (Å²) < 4.78 is 42.3. The van der Waals surface area contributed by atoms with Crippen LogP contribution in [0.25, 0.3) is 10.9 Å². The number of allylic oxidation sites excluding steroid dienone is 2. The second-order valence-electron chi connectivity index (χ2n) is 6.39. The van der Waals surface area contributed by atoms with Crippen molar-refractivity contribution in [3.63, 3.8) is 0 Å². The smallest absolute Gasteiger partial charge is 0.467 e. The van der Waals surface area contributed by atoms with E-state index in [-0.39, 0.29) is 6.42 Å². The predicted octanol–water partition coefficient (Wildman–Crippen LogP) is 3.44. The minimum absolute atomic E-state index is 0.125. The fourth-order valence-electron chi connectivity index (χ4n) is 2.78. The molecule has 1 heterocycles. The van der Waals surface area contributed by atoms with Crippen molar-refractivity contribution in [2.45, 2.75) is 38.9 Å². The zero-order chi connectivity index (χ0) is 20.2. The molecule has 0 aliphatic heterocycles. The molecule has 1 atom stereocenters. The molecule has 146 valence electrons. The van der Waals surface area contributed by atoms with E-state index in [1.807, 2.05) is 38.1 Å². The van der Waals surface area contributed by atoms with Gasteiger partial charge in [-0.1, -0.05) is 23.8 Å². The monoisotopic (exact) mass is 382 g/mol. The molecule has 8 heteroatoms. The Morgan fingerprint density at radius 3 is 2.56 bits per heavy atom. The Bertz CT molecular complexity index is 865. The first kappa shape index (κ1) is 20.5. The van der Waals surface area contributed by atoms with Crippen LogP contribution in [0.15, 0.2) is 36.0 Å². The Balaban J connectivity index is 2.37. The zero-order valence-corrected chi connectivity index (χ0v) is 15.2. The van der Waals surface area contributed by atoms with E-state index in [1.165, 1.54) is 0 Å². The number of hydrogen-bond donors (Lipinski definition) is 2. The van der Waals surface area contributed by atoms with Gasteiger partial charge in [-0.2, -0.15) is 13.2 Å². The molecule has 2 N–H and O–H groups in total. The highest BCUT2D eigenvalue weighted by Gasteiger charge is 2.41. The predicted molar refractivity (Wildman–Crippen MR) is 95.1 cm³/mol. The van der Waals surface area contributed by atoms with E-state index in [1.54, 1.807) is 11.5 Å². The van der Waals surface area contributed by atoms with E-state index >= 15 is 0 Å². The third-order valence-corrected chi connectivity index (χ3v) is 4.08. The van der Waals surface area contributed by atoms with E-state index in [0.717, 1.165) is 29.1 Å². The number of hydrogen-bond acceptors (Lipinski definition) is 3. The highest BCUT2D eigenvalue weighted by Crippen LogP contribution is 2.25. The minimum Gasteiger partial charge on any atom is -0.467 e. The number of alkyl halides is 3. The summed E-state index contributed by atoms with van der Waals surface area (Å²) in [5.41, 5.74) is 3.53. The van der Waals surface area contributed by atoms with Crippen LogP contribution in [0.5, 0.6) is 0 Å². The highest BCUT2D eigenvalue weighted by atomic mass is 19.4. The summed E-state index contributed by atoms with van der Waals surface area (Å²) in [6.07, 6.45) is -0.898. The number of nitrogens with one attached hydrogen (secondary N) is 2. The number of aromatic nitrogens is 1. The normalized spacial score (nSPS) is 12.5. The van der Waals surface area contributed by atoms with E-state index < -0.39 is 24.1 Å². The first-order chi connectivity index (χ1) is 12.6. The van der Waals surface area contributed by atoms with Crippen LogP contribution in [0.1, 0.15) is 25.0 Å². The number of carbonyl (C=O) groups excluding carboxylic acids is 2. The Morgan fingerprint density at radius 1 is 1.26 bits per heavy atom. The number of H-pyrrole nitrogens is 1. The summed E-state index contributed by atoms with van der Waals surface area (Å²) in [5.74, 6) is -3.12. The summed E-state index contributed by atoms with van der Waals surface area (Å²) >= 11 is 0. The fourth-order valence-corrected chi connectivity index (χ4v) is 2.78. The van der Waals surface area contributed by atoms with Gasteiger partial charge in [-0.05, 0) is 37.5 Å². The van der Waals surface area contributed by atoms with Crippen molar-refractivity contribution < 1.29 is 27.5 Å². The van der Waals surface area contributed by atoms with E-state index in [2.05, 4.69) is 9.72 Å². The van der Waals surface area contributed by atoms with Crippen LogP contribution < -0.4 is 5.32 Å². The molecule has 1 amide bonds. The lowest BCUT2D eigenvalue weighted by atomic mass is 9.98. The molecule has 0 saturated carbocycles. The molecule has 0 bridgehead atoms. The van der Waals surface area contributed by atoms with Gasteiger partial charge in [-0.15, -0.1) is 0 Å². The molecule has 0 saturated heterocycles. The number of fused-ring (bicyclic) bond motifs is 1. The number of carbonyl (C=O) groups is 2. The van der Waals surface area contributed by atoms with Gasteiger partial charge in [-0.3, -0.25) is 4.79 Å². The summed E-state index contributed by atoms with van der Waals surface area (Å²) in [5, 5.41) is 2.54. The van der Waals surface area contributed by atoms with Crippen molar-refractivity contribution in [2.75, 3.05) is 7.11 Å². The molecule has 1 aromatic carbocycles. The van der Waals surface area contributed by atoms with E-state index in [9.17, 15) is 22.8 Å². The Hall–Kier alpha value is -2.77. The number of esters is 1. The third-order valence-electron chi connectivity index (χ3n) is 4.08. The largest absolute Gasteiger partial charge is 0.471 e. The summed E-state index contributed by atoms with van der Waals surface area (Å²) in [4.78, 5) is 26.2. The number of rotatable bonds is 6. The SMILES string of the molecule is COC(=O)C(Cc1c[nH]c2cccc(CC=C(C)C)c12)NC(=O)C(F)(F)F. The zero-order valence-electron chi connectivity index (χ0n) is 15.2. The average Bonchev–Trinajstić information content (AvgIpc) is 3.01. The first-order valence-electron chi connectivity index (χ1n) is 8.30. The van der Waals surface area contributed by atoms with Crippen molar-refractivity contribution in [1.29, 1.82) is 0 Å². The lowest BCUT2D eigenvalue weighted by molar-refractivity contribution is -0.175. The molecule has 2 aromatic rings. The summed E-state index contributed by atoms with van der Waals surface area (Å²) in [6, 6.07) is 4.19. The van der Waals surface area contributed by atoms with Crippen LogP contribution in [0.2, 0.25) is 0 Å². The van der Waals surface area contributed by atoms with E-state index in [0.29, 0.717) is 12.0 Å².